The second-order valence-corrected chi connectivity index (χ2v) is 8.86. The van der Waals surface area contributed by atoms with Crippen LogP contribution in [-0.4, -0.2) is 53.3 Å². The van der Waals surface area contributed by atoms with Crippen molar-refractivity contribution in [1.82, 2.24) is 20.4 Å². The van der Waals surface area contributed by atoms with E-state index in [4.69, 9.17) is 0 Å². The maximum absolute atomic E-state index is 13.2. The summed E-state index contributed by atoms with van der Waals surface area (Å²) in [5.41, 5.74) is 0.869. The third-order valence-electron chi connectivity index (χ3n) is 6.79. The second-order valence-electron chi connectivity index (χ2n) is 8.86. The number of nitrogens with one attached hydrogen (secondary N) is 2. The third-order valence-corrected chi connectivity index (χ3v) is 6.79. The van der Waals surface area contributed by atoms with Gasteiger partial charge in [-0.25, -0.2) is 4.79 Å². The molecule has 33 heavy (non-hydrogen) atoms. The number of carbonyl (C=O) groups is 3. The number of imide groups is 1. The van der Waals surface area contributed by atoms with Gasteiger partial charge < -0.3 is 10.6 Å². The molecule has 7 nitrogen and oxygen atoms in total. The molecule has 2 aromatic carbocycles. The Kier molecular flexibility index (Phi) is 7.08. The number of hydrogen-bond acceptors (Lipinski definition) is 4. The Balaban J connectivity index is 1.36. The van der Waals surface area contributed by atoms with Crippen molar-refractivity contribution in [3.05, 3.63) is 71.8 Å². The zero-order valence-electron chi connectivity index (χ0n) is 19.1. The molecule has 0 aromatic heterocycles. The zero-order chi connectivity index (χ0) is 23.3. The first-order chi connectivity index (χ1) is 16.0. The van der Waals surface area contributed by atoms with Crippen molar-refractivity contribution in [3.63, 3.8) is 0 Å². The van der Waals surface area contributed by atoms with Crippen molar-refractivity contribution in [3.8, 4) is 0 Å². The van der Waals surface area contributed by atoms with E-state index in [0.717, 1.165) is 42.8 Å². The summed E-state index contributed by atoms with van der Waals surface area (Å²) in [6.45, 7) is 3.94. The minimum atomic E-state index is -1.12. The van der Waals surface area contributed by atoms with Gasteiger partial charge in [-0.15, -0.1) is 0 Å². The van der Waals surface area contributed by atoms with Crippen molar-refractivity contribution in [1.29, 1.82) is 0 Å². The van der Waals surface area contributed by atoms with Crippen LogP contribution in [0, 0.1) is 0 Å². The van der Waals surface area contributed by atoms with Gasteiger partial charge in [0.05, 0.1) is 0 Å². The fourth-order valence-electron chi connectivity index (χ4n) is 4.88. The van der Waals surface area contributed by atoms with E-state index >= 15 is 0 Å². The molecule has 7 heteroatoms. The molecule has 0 radical (unpaired) electrons. The first-order valence-electron chi connectivity index (χ1n) is 11.8. The third kappa shape index (κ3) is 4.93. The average Bonchev–Trinajstić information content (AvgIpc) is 3.10. The molecule has 4 amide bonds. The molecular weight excluding hydrogens is 416 g/mol. The molecule has 2 atom stereocenters. The summed E-state index contributed by atoms with van der Waals surface area (Å²) in [5.74, 6) is -0.691. The molecule has 2 aliphatic rings. The minimum absolute atomic E-state index is 0.241. The molecule has 0 bridgehead atoms. The molecule has 0 spiro atoms. The lowest BCUT2D eigenvalue weighted by atomic mass is 9.87. The lowest BCUT2D eigenvalue weighted by Gasteiger charge is -2.36. The van der Waals surface area contributed by atoms with Crippen LogP contribution in [0.4, 0.5) is 4.79 Å². The quantitative estimate of drug-likeness (QED) is 0.609. The molecule has 4 rings (SSSR count). The number of likely N-dealkylation sites (tertiary alicyclic amines) is 1. The van der Waals surface area contributed by atoms with Gasteiger partial charge in [0.25, 0.3) is 5.91 Å². The van der Waals surface area contributed by atoms with Gasteiger partial charge >= 0.3 is 6.03 Å². The van der Waals surface area contributed by atoms with E-state index < -0.39 is 11.6 Å². The van der Waals surface area contributed by atoms with E-state index in [2.05, 4.69) is 27.7 Å². The molecular formula is C26H32N4O3. The highest BCUT2D eigenvalue weighted by Gasteiger charge is 2.51. The van der Waals surface area contributed by atoms with Gasteiger partial charge in [-0.2, -0.15) is 0 Å². The molecule has 2 heterocycles. The van der Waals surface area contributed by atoms with Gasteiger partial charge in [-0.3, -0.25) is 19.4 Å². The molecule has 2 aromatic rings. The normalized spacial score (nSPS) is 23.4. The maximum atomic E-state index is 13.2. The van der Waals surface area contributed by atoms with Crippen molar-refractivity contribution in [2.45, 2.75) is 50.7 Å². The highest BCUT2D eigenvalue weighted by molar-refractivity contribution is 6.09. The first kappa shape index (κ1) is 23.0. The summed E-state index contributed by atoms with van der Waals surface area (Å²) in [7, 11) is 0. The van der Waals surface area contributed by atoms with Crippen molar-refractivity contribution < 1.29 is 14.4 Å². The van der Waals surface area contributed by atoms with Gasteiger partial charge in [-0.05, 0) is 36.9 Å². The number of rotatable bonds is 8. The van der Waals surface area contributed by atoms with Crippen LogP contribution in [0.3, 0.4) is 0 Å². The molecule has 2 saturated heterocycles. The highest BCUT2D eigenvalue weighted by Crippen LogP contribution is 2.32. The summed E-state index contributed by atoms with van der Waals surface area (Å²) in [4.78, 5) is 42.0. The molecule has 2 aliphatic heterocycles. The monoisotopic (exact) mass is 448 g/mol. The van der Waals surface area contributed by atoms with Gasteiger partial charge in [0.15, 0.2) is 0 Å². The number of carbonyl (C=O) groups excluding carboxylic acids is 3. The van der Waals surface area contributed by atoms with E-state index in [1.54, 1.807) is 0 Å². The van der Waals surface area contributed by atoms with Crippen LogP contribution < -0.4 is 10.6 Å². The Bertz CT molecular complexity index is 982. The molecule has 0 saturated carbocycles. The molecule has 2 unspecified atom stereocenters. The Morgan fingerprint density at radius 3 is 2.45 bits per heavy atom. The number of benzene rings is 2. The summed E-state index contributed by atoms with van der Waals surface area (Å²) in [6, 6.07) is 19.3. The average molecular weight is 449 g/mol. The first-order valence-corrected chi connectivity index (χ1v) is 11.8. The van der Waals surface area contributed by atoms with Gasteiger partial charge in [0.1, 0.15) is 12.1 Å². The lowest BCUT2D eigenvalue weighted by Crippen LogP contribution is -2.49. The van der Waals surface area contributed by atoms with E-state index in [-0.39, 0.29) is 24.4 Å². The van der Waals surface area contributed by atoms with Crippen LogP contribution >= 0.6 is 0 Å². The van der Waals surface area contributed by atoms with Crippen molar-refractivity contribution in [2.24, 2.45) is 0 Å². The molecule has 174 valence electrons. The fourth-order valence-corrected chi connectivity index (χ4v) is 4.88. The van der Waals surface area contributed by atoms with E-state index in [1.165, 1.54) is 5.56 Å². The topological polar surface area (TPSA) is 81.8 Å². The highest BCUT2D eigenvalue weighted by atomic mass is 16.2. The minimum Gasteiger partial charge on any atom is -0.353 e. The fraction of sp³-hybridized carbons (Fsp3) is 0.423. The summed E-state index contributed by atoms with van der Waals surface area (Å²) >= 11 is 0. The standard InChI is InChI=1S/C26H32N4O3/c1-2-26(21-13-7-4-8-14-21)24(32)30(25(33)28-26)19-23(31)27-17-22-15-9-10-16-29(22)18-20-11-5-3-6-12-20/h3-8,11-14,22H,2,9-10,15-19H2,1H3,(H,27,31)(H,28,33). The van der Waals surface area contributed by atoms with Crippen LogP contribution in [0.1, 0.15) is 43.7 Å². The van der Waals surface area contributed by atoms with E-state index in [9.17, 15) is 14.4 Å². The Morgan fingerprint density at radius 2 is 1.76 bits per heavy atom. The van der Waals surface area contributed by atoms with Crippen LogP contribution in [0.15, 0.2) is 60.7 Å². The number of nitrogens with zero attached hydrogens (tertiary/aromatic N) is 2. The predicted octanol–water partition coefficient (Wildman–Crippen LogP) is 3.01. The predicted molar refractivity (Wildman–Crippen MR) is 126 cm³/mol. The number of piperidine rings is 1. The maximum Gasteiger partial charge on any atom is 0.325 e. The van der Waals surface area contributed by atoms with Gasteiger partial charge in [-0.1, -0.05) is 74.0 Å². The number of hydrogen-bond donors (Lipinski definition) is 2. The Labute approximate surface area is 195 Å². The summed E-state index contributed by atoms with van der Waals surface area (Å²) in [5, 5.41) is 5.79. The molecule has 2 N–H and O–H groups in total. The lowest BCUT2D eigenvalue weighted by molar-refractivity contribution is -0.135. The largest absolute Gasteiger partial charge is 0.353 e. The Morgan fingerprint density at radius 1 is 1.06 bits per heavy atom. The number of amides is 4. The zero-order valence-corrected chi connectivity index (χ0v) is 19.1. The van der Waals surface area contributed by atoms with Gasteiger partial charge in [0.2, 0.25) is 5.91 Å². The summed E-state index contributed by atoms with van der Waals surface area (Å²) < 4.78 is 0. The van der Waals surface area contributed by atoms with Crippen LogP contribution in [0.5, 0.6) is 0 Å². The van der Waals surface area contributed by atoms with Crippen LogP contribution in [0.2, 0.25) is 0 Å². The van der Waals surface area contributed by atoms with Crippen molar-refractivity contribution >= 4 is 17.8 Å². The molecule has 0 aliphatic carbocycles. The smallest absolute Gasteiger partial charge is 0.325 e. The Hall–Kier alpha value is -3.19. The second kappa shape index (κ2) is 10.2. The van der Waals surface area contributed by atoms with Crippen LogP contribution in [0.25, 0.3) is 0 Å². The van der Waals surface area contributed by atoms with Crippen molar-refractivity contribution in [2.75, 3.05) is 19.6 Å². The van der Waals surface area contributed by atoms with E-state index in [0.29, 0.717) is 13.0 Å². The SMILES string of the molecule is CCC1(c2ccccc2)NC(=O)N(CC(=O)NCC2CCCCN2Cc2ccccc2)C1=O. The van der Waals surface area contributed by atoms with E-state index in [1.807, 2.05) is 55.5 Å². The molecule has 2 fully saturated rings. The number of urea groups is 1. The van der Waals surface area contributed by atoms with Gasteiger partial charge in [0, 0.05) is 19.1 Å². The summed E-state index contributed by atoms with van der Waals surface area (Å²) in [6.07, 6.45) is 3.71. The van der Waals surface area contributed by atoms with Crippen LogP contribution in [-0.2, 0) is 21.7 Å².